The van der Waals surface area contributed by atoms with Gasteiger partial charge in [0, 0.05) is 5.25 Å². The summed E-state index contributed by atoms with van der Waals surface area (Å²) in [6, 6.07) is 0. The van der Waals surface area contributed by atoms with E-state index in [9.17, 15) is 18.1 Å². The Labute approximate surface area is 159 Å². The van der Waals surface area contributed by atoms with Gasteiger partial charge in [0.25, 0.3) is 0 Å². The molecule has 4 nitrogen and oxygen atoms in total. The van der Waals surface area contributed by atoms with Crippen LogP contribution < -0.4 is 29.6 Å². The Balaban J connectivity index is 0. The molecule has 0 saturated carbocycles. The zero-order chi connectivity index (χ0) is 16.1. The fourth-order valence-corrected chi connectivity index (χ4v) is 3.60. The fraction of sp³-hybridized carbons (Fsp3) is 1.00. The van der Waals surface area contributed by atoms with Crippen molar-refractivity contribution in [3.63, 3.8) is 0 Å². The van der Waals surface area contributed by atoms with Gasteiger partial charge in [-0.1, -0.05) is 65.2 Å². The van der Waals surface area contributed by atoms with Crippen LogP contribution in [0.2, 0.25) is 0 Å². The molecule has 0 spiro atoms. The number of hydrogen-bond donors (Lipinski definition) is 1. The van der Waals surface area contributed by atoms with Crippen molar-refractivity contribution in [3.8, 4) is 0 Å². The van der Waals surface area contributed by atoms with E-state index < -0.39 is 15.4 Å². The van der Waals surface area contributed by atoms with Gasteiger partial charge >= 0.3 is 29.6 Å². The summed E-state index contributed by atoms with van der Waals surface area (Å²) in [7, 11) is -4.13. The summed E-state index contributed by atoms with van der Waals surface area (Å²) in [5, 5.41) is 9.01. The van der Waals surface area contributed by atoms with Gasteiger partial charge in [-0.05, 0) is 25.7 Å². The first-order valence-corrected chi connectivity index (χ1v) is 10.0. The van der Waals surface area contributed by atoms with Crippen molar-refractivity contribution in [3.05, 3.63) is 0 Å². The van der Waals surface area contributed by atoms with Crippen LogP contribution >= 0.6 is 0 Å². The molecule has 2 atom stereocenters. The van der Waals surface area contributed by atoms with E-state index in [0.29, 0.717) is 12.8 Å². The number of hydrogen-bond acceptors (Lipinski definition) is 4. The van der Waals surface area contributed by atoms with E-state index in [1.54, 1.807) is 0 Å². The molecule has 0 aliphatic heterocycles. The first-order valence-electron chi connectivity index (χ1n) is 8.54. The Morgan fingerprint density at radius 1 is 0.818 bits per heavy atom. The quantitative estimate of drug-likeness (QED) is 0.290. The van der Waals surface area contributed by atoms with Crippen molar-refractivity contribution in [1.29, 1.82) is 0 Å². The SMILES string of the molecule is CCCCC(O)CCCCCCCC(CCC)S(=O)(=O)[O-].[Na+]. The summed E-state index contributed by atoms with van der Waals surface area (Å²) in [5.74, 6) is 0. The molecule has 22 heavy (non-hydrogen) atoms. The summed E-state index contributed by atoms with van der Waals surface area (Å²) in [6.45, 7) is 4.03. The van der Waals surface area contributed by atoms with Gasteiger partial charge in [-0.25, -0.2) is 8.42 Å². The molecule has 0 rings (SSSR count). The van der Waals surface area contributed by atoms with Crippen molar-refractivity contribution in [1.82, 2.24) is 0 Å². The molecule has 0 aliphatic rings. The molecule has 0 aromatic carbocycles. The molecule has 128 valence electrons. The van der Waals surface area contributed by atoms with Crippen molar-refractivity contribution >= 4 is 10.1 Å². The molecular formula is C16H33NaO4S. The topological polar surface area (TPSA) is 77.4 Å². The predicted molar refractivity (Wildman–Crippen MR) is 86.2 cm³/mol. The van der Waals surface area contributed by atoms with Gasteiger partial charge in [0.2, 0.25) is 0 Å². The maximum Gasteiger partial charge on any atom is 1.00 e. The van der Waals surface area contributed by atoms with Crippen molar-refractivity contribution in [2.75, 3.05) is 0 Å². The summed E-state index contributed by atoms with van der Waals surface area (Å²) in [6.07, 6.45) is 10.5. The predicted octanol–water partition coefficient (Wildman–Crippen LogP) is 0.986. The van der Waals surface area contributed by atoms with Crippen LogP contribution in [0.4, 0.5) is 0 Å². The zero-order valence-corrected chi connectivity index (χ0v) is 17.5. The molecule has 0 fully saturated rings. The van der Waals surface area contributed by atoms with Crippen LogP contribution in [-0.4, -0.2) is 29.4 Å². The molecule has 0 aliphatic carbocycles. The zero-order valence-electron chi connectivity index (χ0n) is 14.7. The second-order valence-electron chi connectivity index (χ2n) is 6.04. The van der Waals surface area contributed by atoms with Gasteiger partial charge < -0.3 is 9.66 Å². The smallest absolute Gasteiger partial charge is 0.748 e. The molecule has 2 unspecified atom stereocenters. The average Bonchev–Trinajstić information content (AvgIpc) is 2.41. The average molecular weight is 344 g/mol. The molecule has 1 N–H and O–H groups in total. The van der Waals surface area contributed by atoms with Gasteiger partial charge in [-0.15, -0.1) is 0 Å². The third kappa shape index (κ3) is 14.5. The van der Waals surface area contributed by atoms with E-state index >= 15 is 0 Å². The van der Waals surface area contributed by atoms with Crippen LogP contribution in [0, 0.1) is 0 Å². The van der Waals surface area contributed by atoms with Crippen molar-refractivity contribution in [2.45, 2.75) is 102 Å². The Hall–Kier alpha value is 0.870. The van der Waals surface area contributed by atoms with E-state index in [2.05, 4.69) is 6.92 Å². The van der Waals surface area contributed by atoms with E-state index in [1.165, 1.54) is 0 Å². The summed E-state index contributed by atoms with van der Waals surface area (Å²) in [5.41, 5.74) is 0. The van der Waals surface area contributed by atoms with Gasteiger partial charge in [-0.3, -0.25) is 0 Å². The normalized spacial score (nSPS) is 14.4. The summed E-state index contributed by atoms with van der Waals surface area (Å²) in [4.78, 5) is 0. The Bertz CT molecular complexity index is 333. The molecule has 0 amide bonds. The summed E-state index contributed by atoms with van der Waals surface area (Å²) >= 11 is 0. The van der Waals surface area contributed by atoms with Crippen LogP contribution in [0.1, 0.15) is 90.9 Å². The van der Waals surface area contributed by atoms with E-state index in [0.717, 1.165) is 64.2 Å². The Morgan fingerprint density at radius 3 is 1.82 bits per heavy atom. The molecule has 0 saturated heterocycles. The number of aliphatic hydroxyl groups is 1. The minimum absolute atomic E-state index is 0. The van der Waals surface area contributed by atoms with Crippen molar-refractivity contribution in [2.24, 2.45) is 0 Å². The first-order chi connectivity index (χ1) is 9.91. The van der Waals surface area contributed by atoms with E-state index in [1.807, 2.05) is 6.92 Å². The minimum atomic E-state index is -4.13. The van der Waals surface area contributed by atoms with Crippen LogP contribution in [0.5, 0.6) is 0 Å². The molecule has 0 bridgehead atoms. The molecule has 0 radical (unpaired) electrons. The number of rotatable bonds is 14. The third-order valence-corrected chi connectivity index (χ3v) is 5.26. The van der Waals surface area contributed by atoms with Gasteiger partial charge in [0.15, 0.2) is 0 Å². The monoisotopic (exact) mass is 344 g/mol. The van der Waals surface area contributed by atoms with Crippen molar-refractivity contribution < 1.29 is 47.6 Å². The second-order valence-corrected chi connectivity index (χ2v) is 7.70. The van der Waals surface area contributed by atoms with Crippen LogP contribution in [-0.2, 0) is 10.1 Å². The van der Waals surface area contributed by atoms with Crippen LogP contribution in [0.15, 0.2) is 0 Å². The summed E-state index contributed by atoms with van der Waals surface area (Å²) < 4.78 is 33.2. The van der Waals surface area contributed by atoms with E-state index in [-0.39, 0.29) is 35.7 Å². The van der Waals surface area contributed by atoms with Gasteiger partial charge in [-0.2, -0.15) is 0 Å². The Morgan fingerprint density at radius 2 is 1.32 bits per heavy atom. The second kappa shape index (κ2) is 15.4. The van der Waals surface area contributed by atoms with Crippen LogP contribution in [0.3, 0.4) is 0 Å². The molecule has 0 heterocycles. The number of aliphatic hydroxyl groups excluding tert-OH is 1. The maximum atomic E-state index is 11.1. The third-order valence-electron chi connectivity index (χ3n) is 3.97. The van der Waals surface area contributed by atoms with E-state index in [4.69, 9.17) is 0 Å². The molecule has 0 aromatic heterocycles. The Kier molecular flexibility index (Phi) is 17.6. The largest absolute Gasteiger partial charge is 1.00 e. The first kappa shape index (κ1) is 25.1. The van der Waals surface area contributed by atoms with Gasteiger partial charge in [0.1, 0.15) is 0 Å². The molecule has 0 aromatic rings. The molecular weight excluding hydrogens is 311 g/mol. The molecule has 6 heteroatoms. The minimum Gasteiger partial charge on any atom is -0.748 e. The maximum absolute atomic E-state index is 11.1. The van der Waals surface area contributed by atoms with Crippen LogP contribution in [0.25, 0.3) is 0 Å². The standard InChI is InChI=1S/C16H34O4S.Na/c1-3-5-12-15(17)13-9-7-6-8-10-14-16(11-4-2)21(18,19)20;/h15-17H,3-14H2,1-2H3,(H,18,19,20);/q;+1/p-1. The van der Waals surface area contributed by atoms with Gasteiger partial charge in [0.05, 0.1) is 16.2 Å². The number of unbranched alkanes of at least 4 members (excludes halogenated alkanes) is 5. The fourth-order valence-electron chi connectivity index (χ4n) is 2.62.